The van der Waals surface area contributed by atoms with Gasteiger partial charge in [-0.3, -0.25) is 24.2 Å². The van der Waals surface area contributed by atoms with E-state index in [4.69, 9.17) is 16.6 Å². The first-order chi connectivity index (χ1) is 26.9. The number of amides is 2. The molecular formula is C41H46ClN9O5. The lowest BCUT2D eigenvalue weighted by atomic mass is 9.80. The number of rotatable bonds is 11. The molecule has 56 heavy (non-hydrogen) atoms. The molecule has 292 valence electrons. The fourth-order valence-corrected chi connectivity index (χ4v) is 9.92. The maximum absolute atomic E-state index is 13.8. The van der Waals surface area contributed by atoms with Crippen molar-refractivity contribution in [3.05, 3.63) is 81.4 Å². The Morgan fingerprint density at radius 2 is 1.39 bits per heavy atom. The number of nitrogens with one attached hydrogen (secondary N) is 2. The van der Waals surface area contributed by atoms with Crippen LogP contribution in [0.3, 0.4) is 0 Å². The Labute approximate surface area is 330 Å². The summed E-state index contributed by atoms with van der Waals surface area (Å²) < 4.78 is 3.63. The van der Waals surface area contributed by atoms with Gasteiger partial charge in [-0.05, 0) is 62.6 Å². The number of anilines is 2. The van der Waals surface area contributed by atoms with Crippen LogP contribution in [-0.2, 0) is 44.8 Å². The molecule has 2 aromatic carbocycles. The van der Waals surface area contributed by atoms with Gasteiger partial charge in [-0.15, -0.1) is 0 Å². The number of carboxylic acids is 1. The Kier molecular flexibility index (Phi) is 9.99. The molecule has 15 heteroatoms. The zero-order valence-electron chi connectivity index (χ0n) is 31.7. The highest BCUT2D eigenvalue weighted by molar-refractivity contribution is 6.36. The van der Waals surface area contributed by atoms with Crippen molar-refractivity contribution in [2.24, 2.45) is 24.9 Å². The number of benzene rings is 2. The summed E-state index contributed by atoms with van der Waals surface area (Å²) in [5, 5.41) is 35.6. The van der Waals surface area contributed by atoms with Gasteiger partial charge in [-0.1, -0.05) is 35.9 Å². The predicted octanol–water partition coefficient (Wildman–Crippen LogP) is 4.98. The molecule has 4 heterocycles. The number of imidazole rings is 2. The zero-order valence-corrected chi connectivity index (χ0v) is 32.5. The standard InChI is InChI=1S/C41H46ClN9O5/c1-48-33-10-17-51(19-20-52)23-31(33)45-35(48)37(53)46-28-7-3-5-25(27(28)21-43)26-6-4-8-29(34(26)42)47-38(54)36-44-30-22-50(16-9-32(30)49(36)2)18-15-40-11-13-41(24-40,14-12-40)39(55)56/h3-8,52H,9-20,22-24H2,1-2H3,(H,46,53)(H,47,54)(H,55,56). The van der Waals surface area contributed by atoms with Crippen LogP contribution in [0.2, 0.25) is 5.02 Å². The number of carbonyl (C=O) groups excluding carboxylic acids is 2. The minimum Gasteiger partial charge on any atom is -0.481 e. The van der Waals surface area contributed by atoms with Crippen LogP contribution in [0.15, 0.2) is 36.4 Å². The van der Waals surface area contributed by atoms with Crippen LogP contribution < -0.4 is 10.6 Å². The number of fused-ring (bicyclic) bond motifs is 4. The normalized spacial score (nSPS) is 21.7. The van der Waals surface area contributed by atoms with Crippen molar-refractivity contribution in [3.8, 4) is 17.2 Å². The fraction of sp³-hybridized carbons (Fsp3) is 0.463. The summed E-state index contributed by atoms with van der Waals surface area (Å²) in [6, 6.07) is 12.6. The Morgan fingerprint density at radius 3 is 1.95 bits per heavy atom. The van der Waals surface area contributed by atoms with Gasteiger partial charge in [0, 0.05) is 82.2 Å². The third kappa shape index (κ3) is 6.66. The van der Waals surface area contributed by atoms with Gasteiger partial charge in [0.25, 0.3) is 11.8 Å². The van der Waals surface area contributed by atoms with E-state index in [2.05, 4.69) is 31.5 Å². The number of aliphatic hydroxyl groups is 1. The van der Waals surface area contributed by atoms with Crippen molar-refractivity contribution in [1.82, 2.24) is 28.9 Å². The molecule has 4 aromatic rings. The van der Waals surface area contributed by atoms with E-state index in [1.165, 1.54) is 0 Å². The topological polar surface area (TPSA) is 182 Å². The lowest BCUT2D eigenvalue weighted by molar-refractivity contribution is -0.148. The van der Waals surface area contributed by atoms with Crippen LogP contribution in [0.1, 0.15) is 88.1 Å². The van der Waals surface area contributed by atoms with Crippen molar-refractivity contribution in [2.75, 3.05) is 43.4 Å². The second-order valence-electron chi connectivity index (χ2n) is 16.0. The first-order valence-corrected chi connectivity index (χ1v) is 19.7. The number of halogens is 1. The minimum absolute atomic E-state index is 0.0510. The number of hydrogen-bond donors (Lipinski definition) is 4. The lowest BCUT2D eigenvalue weighted by Crippen LogP contribution is -2.34. The molecule has 4 aliphatic rings. The highest BCUT2D eigenvalue weighted by atomic mass is 35.5. The average Bonchev–Trinajstić information content (AvgIpc) is 3.95. The van der Waals surface area contributed by atoms with Gasteiger partial charge >= 0.3 is 5.97 Å². The van der Waals surface area contributed by atoms with Crippen molar-refractivity contribution in [1.29, 1.82) is 5.26 Å². The molecule has 0 unspecified atom stereocenters. The number of carbonyl (C=O) groups is 3. The largest absolute Gasteiger partial charge is 0.481 e. The maximum atomic E-state index is 13.8. The molecule has 2 fully saturated rings. The fourth-order valence-electron chi connectivity index (χ4n) is 9.64. The number of hydrogen-bond acceptors (Lipinski definition) is 9. The Balaban J connectivity index is 0.959. The van der Waals surface area contributed by atoms with Gasteiger partial charge in [0.05, 0.1) is 45.4 Å². The summed E-state index contributed by atoms with van der Waals surface area (Å²) in [7, 11) is 3.65. The van der Waals surface area contributed by atoms with E-state index in [9.17, 15) is 29.9 Å². The van der Waals surface area contributed by atoms with Crippen LogP contribution >= 0.6 is 11.6 Å². The summed E-state index contributed by atoms with van der Waals surface area (Å²) in [5.41, 5.74) is 5.11. The highest BCUT2D eigenvalue weighted by Crippen LogP contribution is 2.63. The Bertz CT molecular complexity index is 2280. The lowest BCUT2D eigenvalue weighted by Gasteiger charge is -2.32. The SMILES string of the molecule is Cn1c(C(=O)Nc2cccc(-c3cccc(NC(=O)c4nc5c(n4C)CCN(CCO)C5)c3C#N)c2Cl)nc2c1CCN(CCC13CCC(C(=O)O)(CC1)C3)C2. The van der Waals surface area contributed by atoms with Crippen LogP contribution in [0.25, 0.3) is 11.1 Å². The third-order valence-electron chi connectivity index (χ3n) is 12.8. The Hall–Kier alpha value is -5.07. The molecule has 2 aliphatic heterocycles. The monoisotopic (exact) mass is 779 g/mol. The van der Waals surface area contributed by atoms with Gasteiger partial charge < -0.3 is 30.0 Å². The van der Waals surface area contributed by atoms with Gasteiger partial charge in [-0.25, -0.2) is 9.97 Å². The van der Waals surface area contributed by atoms with Gasteiger partial charge in [0.2, 0.25) is 0 Å². The molecule has 14 nitrogen and oxygen atoms in total. The van der Waals surface area contributed by atoms with Crippen molar-refractivity contribution in [2.45, 2.75) is 64.5 Å². The first-order valence-electron chi connectivity index (χ1n) is 19.3. The molecule has 8 rings (SSSR count). The van der Waals surface area contributed by atoms with Crippen molar-refractivity contribution < 1.29 is 24.6 Å². The molecule has 2 aromatic heterocycles. The number of nitriles is 1. The van der Waals surface area contributed by atoms with Crippen LogP contribution in [0.5, 0.6) is 0 Å². The number of β-amino-alcohol motifs (C(OH)–C–C–N with tert-alkyl or cyclic N) is 1. The van der Waals surface area contributed by atoms with E-state index in [0.29, 0.717) is 48.6 Å². The summed E-state index contributed by atoms with van der Waals surface area (Å²) in [6.45, 7) is 4.24. The first kappa shape index (κ1) is 37.8. The van der Waals surface area contributed by atoms with Crippen LogP contribution in [-0.4, -0.2) is 89.7 Å². The summed E-state index contributed by atoms with van der Waals surface area (Å²) >= 11 is 6.96. The predicted molar refractivity (Wildman–Crippen MR) is 209 cm³/mol. The van der Waals surface area contributed by atoms with Crippen LogP contribution in [0, 0.1) is 22.2 Å². The van der Waals surface area contributed by atoms with Gasteiger partial charge in [-0.2, -0.15) is 5.26 Å². The maximum Gasteiger partial charge on any atom is 0.309 e. The molecule has 0 saturated heterocycles. The third-order valence-corrected chi connectivity index (χ3v) is 13.3. The van der Waals surface area contributed by atoms with Crippen molar-refractivity contribution in [3.63, 3.8) is 0 Å². The molecule has 4 N–H and O–H groups in total. The van der Waals surface area contributed by atoms with Crippen molar-refractivity contribution >= 4 is 40.8 Å². The number of aromatic nitrogens is 4. The number of carboxylic acid groups (broad SMARTS) is 1. The Morgan fingerprint density at radius 1 is 0.839 bits per heavy atom. The summed E-state index contributed by atoms with van der Waals surface area (Å²) in [4.78, 5) is 53.1. The molecule has 2 saturated carbocycles. The zero-order chi connectivity index (χ0) is 39.4. The molecule has 0 radical (unpaired) electrons. The molecule has 0 spiro atoms. The molecule has 2 bridgehead atoms. The molecule has 2 aliphatic carbocycles. The average molecular weight is 780 g/mol. The number of aliphatic carboxylic acids is 1. The van der Waals surface area contributed by atoms with E-state index >= 15 is 0 Å². The second-order valence-corrected chi connectivity index (χ2v) is 16.4. The van der Waals surface area contributed by atoms with E-state index in [0.717, 1.165) is 87.4 Å². The van der Waals surface area contributed by atoms with E-state index in [-0.39, 0.29) is 34.3 Å². The molecular weight excluding hydrogens is 734 g/mol. The van der Waals surface area contributed by atoms with E-state index in [1.807, 2.05) is 11.6 Å². The number of aliphatic hydroxyl groups excluding tert-OH is 1. The molecule has 2 amide bonds. The number of nitrogens with zero attached hydrogens (tertiary/aromatic N) is 7. The van der Waals surface area contributed by atoms with Crippen LogP contribution in [0.4, 0.5) is 11.4 Å². The highest BCUT2D eigenvalue weighted by Gasteiger charge is 2.57. The summed E-state index contributed by atoms with van der Waals surface area (Å²) in [5.74, 6) is -0.998. The van der Waals surface area contributed by atoms with E-state index in [1.54, 1.807) is 48.0 Å². The van der Waals surface area contributed by atoms with Gasteiger partial charge in [0.1, 0.15) is 6.07 Å². The minimum atomic E-state index is -0.637. The smallest absolute Gasteiger partial charge is 0.309 e. The quantitative estimate of drug-likeness (QED) is 0.162. The molecule has 0 atom stereocenters. The second kappa shape index (κ2) is 14.8. The van der Waals surface area contributed by atoms with E-state index < -0.39 is 23.2 Å². The van der Waals surface area contributed by atoms with Gasteiger partial charge in [0.15, 0.2) is 11.6 Å². The summed E-state index contributed by atoms with van der Waals surface area (Å²) in [6.07, 6.45) is 6.75.